The number of pyridine rings is 1. The van der Waals surface area contributed by atoms with E-state index in [2.05, 4.69) is 39.1 Å². The summed E-state index contributed by atoms with van der Waals surface area (Å²) in [4.78, 5) is 51.7. The van der Waals surface area contributed by atoms with Gasteiger partial charge in [0.15, 0.2) is 0 Å². The van der Waals surface area contributed by atoms with Crippen LogP contribution in [0, 0.1) is 0 Å². The van der Waals surface area contributed by atoms with Gasteiger partial charge in [-0.1, -0.05) is 42.5 Å². The molecule has 2 N–H and O–H groups in total. The van der Waals surface area contributed by atoms with Crippen LogP contribution in [0.25, 0.3) is 10.9 Å². The van der Waals surface area contributed by atoms with E-state index < -0.39 is 17.9 Å². The molecule has 3 heterocycles. The number of H-pyrrole nitrogens is 1. The Morgan fingerprint density at radius 3 is 2.04 bits per heavy atom. The van der Waals surface area contributed by atoms with Gasteiger partial charge >= 0.3 is 5.97 Å². The number of carbonyl (C=O) groups is 3. The van der Waals surface area contributed by atoms with Crippen molar-refractivity contribution in [2.75, 3.05) is 40.4 Å². The number of hydrogen-bond acceptors (Lipinski definition) is 8. The highest BCUT2D eigenvalue weighted by molar-refractivity contribution is 7.97. The fourth-order valence-corrected chi connectivity index (χ4v) is 7.05. The molecular formula is C37H37N5O6S. The van der Waals surface area contributed by atoms with Gasteiger partial charge in [-0.3, -0.25) is 18.8 Å². The minimum absolute atomic E-state index is 0.0571. The van der Waals surface area contributed by atoms with Crippen molar-refractivity contribution < 1.29 is 29.0 Å². The Labute approximate surface area is 288 Å². The number of aromatic carboxylic acids is 1. The predicted molar refractivity (Wildman–Crippen MR) is 187 cm³/mol. The second-order valence-electron chi connectivity index (χ2n) is 11.6. The number of nitrogens with zero attached hydrogens (tertiary/aromatic N) is 4. The molecule has 252 valence electrons. The van der Waals surface area contributed by atoms with Gasteiger partial charge in [-0.15, -0.1) is 0 Å². The van der Waals surface area contributed by atoms with Crippen LogP contribution in [-0.4, -0.2) is 93.4 Å². The summed E-state index contributed by atoms with van der Waals surface area (Å²) in [5, 5.41) is 10.8. The Morgan fingerprint density at radius 1 is 0.857 bits per heavy atom. The van der Waals surface area contributed by atoms with Crippen molar-refractivity contribution >= 4 is 40.6 Å². The topological polar surface area (TPSA) is 128 Å². The molecule has 1 saturated heterocycles. The van der Waals surface area contributed by atoms with Gasteiger partial charge < -0.3 is 24.5 Å². The molecule has 3 aromatic carbocycles. The molecule has 0 radical (unpaired) electrons. The van der Waals surface area contributed by atoms with Crippen molar-refractivity contribution in [1.82, 2.24) is 24.1 Å². The summed E-state index contributed by atoms with van der Waals surface area (Å²) in [6.45, 7) is 3.73. The Bertz CT molecular complexity index is 1860. The predicted octanol–water partition coefficient (Wildman–Crippen LogP) is 5.75. The standard InChI is InChI=1S/C37H37N5O6S/c1-24(42(49-34-30(37(45)46)8-6-18-38-34)36(44)32-23-27-7-4-5-9-31(27)39-32)35(43)41-21-19-40(20-22-41)33(25-10-14-28(47-2)15-11-25)26-12-16-29(48-3)17-13-26/h4-18,23-24,33,39H,19-22H2,1-3H3,(H,45,46)/t24-/m1/s1. The molecule has 1 atom stereocenters. The summed E-state index contributed by atoms with van der Waals surface area (Å²) in [6, 6.07) is 27.2. The van der Waals surface area contributed by atoms with E-state index in [0.29, 0.717) is 26.2 Å². The third-order valence-electron chi connectivity index (χ3n) is 8.71. The normalized spacial score (nSPS) is 14.1. The minimum atomic E-state index is -1.17. The molecule has 1 aliphatic rings. The summed E-state index contributed by atoms with van der Waals surface area (Å²) in [6.07, 6.45) is 1.47. The molecule has 1 aliphatic heterocycles. The van der Waals surface area contributed by atoms with Crippen LogP contribution in [0.3, 0.4) is 0 Å². The molecule has 6 rings (SSSR count). The third-order valence-corrected chi connectivity index (χ3v) is 9.89. The van der Waals surface area contributed by atoms with E-state index in [4.69, 9.17) is 9.47 Å². The van der Waals surface area contributed by atoms with Gasteiger partial charge in [0, 0.05) is 55.2 Å². The highest BCUT2D eigenvalue weighted by Crippen LogP contribution is 2.33. The van der Waals surface area contributed by atoms with Crippen LogP contribution >= 0.6 is 11.9 Å². The first kappa shape index (κ1) is 33.6. The highest BCUT2D eigenvalue weighted by Gasteiger charge is 2.36. The number of amides is 2. The fraction of sp³-hybridized carbons (Fsp3) is 0.243. The molecule has 0 aliphatic carbocycles. The Balaban J connectivity index is 1.24. The number of fused-ring (bicyclic) bond motifs is 1. The number of carboxylic acids is 1. The van der Waals surface area contributed by atoms with Gasteiger partial charge in [-0.2, -0.15) is 0 Å². The Morgan fingerprint density at radius 2 is 1.47 bits per heavy atom. The van der Waals surface area contributed by atoms with Crippen molar-refractivity contribution in [2.24, 2.45) is 0 Å². The van der Waals surface area contributed by atoms with E-state index in [-0.39, 0.29) is 28.2 Å². The van der Waals surface area contributed by atoms with Crippen LogP contribution in [0.2, 0.25) is 0 Å². The molecule has 49 heavy (non-hydrogen) atoms. The zero-order valence-corrected chi connectivity index (χ0v) is 28.2. The average Bonchev–Trinajstić information content (AvgIpc) is 3.59. The lowest BCUT2D eigenvalue weighted by molar-refractivity contribution is -0.136. The van der Waals surface area contributed by atoms with Gasteiger partial charge in [0.1, 0.15) is 28.3 Å². The maximum absolute atomic E-state index is 14.1. The van der Waals surface area contributed by atoms with Gasteiger partial charge in [0.2, 0.25) is 5.91 Å². The monoisotopic (exact) mass is 679 g/mol. The van der Waals surface area contributed by atoms with Gasteiger partial charge in [-0.05, 0) is 66.6 Å². The van der Waals surface area contributed by atoms with Crippen molar-refractivity contribution in [2.45, 2.75) is 24.0 Å². The fourth-order valence-electron chi connectivity index (χ4n) is 6.07. The SMILES string of the molecule is COc1ccc(C(c2ccc(OC)cc2)N2CCN(C(=O)[C@@H](C)N(Sc3ncccc3C(=O)O)C(=O)c3cc4ccccc4[nH]3)CC2)cc1. The molecular weight excluding hydrogens is 643 g/mol. The zero-order chi connectivity index (χ0) is 34.5. The zero-order valence-electron chi connectivity index (χ0n) is 27.4. The van der Waals surface area contributed by atoms with Crippen molar-refractivity contribution in [1.29, 1.82) is 0 Å². The van der Waals surface area contributed by atoms with E-state index in [1.807, 2.05) is 48.5 Å². The third kappa shape index (κ3) is 7.25. The number of para-hydroxylation sites is 1. The van der Waals surface area contributed by atoms with Crippen LogP contribution in [0.4, 0.5) is 0 Å². The Hall–Kier alpha value is -5.33. The highest BCUT2D eigenvalue weighted by atomic mass is 32.2. The molecule has 0 spiro atoms. The molecule has 0 unspecified atom stereocenters. The van der Waals surface area contributed by atoms with Gasteiger partial charge in [-0.25, -0.2) is 9.78 Å². The molecule has 5 aromatic rings. The van der Waals surface area contributed by atoms with E-state index in [1.54, 1.807) is 32.1 Å². The number of methoxy groups -OCH3 is 2. The lowest BCUT2D eigenvalue weighted by atomic mass is 9.96. The molecule has 2 amide bonds. The van der Waals surface area contributed by atoms with Crippen LogP contribution in [0.5, 0.6) is 11.5 Å². The quantitative estimate of drug-likeness (QED) is 0.168. The van der Waals surface area contributed by atoms with Crippen LogP contribution < -0.4 is 9.47 Å². The summed E-state index contributed by atoms with van der Waals surface area (Å²) in [5.74, 6) is -0.330. The largest absolute Gasteiger partial charge is 0.497 e. The Kier molecular flexibility index (Phi) is 10.2. The second kappa shape index (κ2) is 14.8. The summed E-state index contributed by atoms with van der Waals surface area (Å²) in [7, 11) is 3.28. The van der Waals surface area contributed by atoms with E-state index in [9.17, 15) is 19.5 Å². The molecule has 1 fully saturated rings. The van der Waals surface area contributed by atoms with E-state index in [1.165, 1.54) is 22.6 Å². The molecule has 11 nitrogen and oxygen atoms in total. The first-order chi connectivity index (χ1) is 23.8. The summed E-state index contributed by atoms with van der Waals surface area (Å²) in [5.41, 5.74) is 3.19. The molecule has 0 saturated carbocycles. The molecule has 12 heteroatoms. The number of ether oxygens (including phenoxy) is 2. The number of aromatic amines is 1. The number of piperazine rings is 1. The number of carboxylic acid groups (broad SMARTS) is 1. The van der Waals surface area contributed by atoms with Crippen molar-refractivity contribution in [3.05, 3.63) is 120 Å². The average molecular weight is 680 g/mol. The van der Waals surface area contributed by atoms with Crippen molar-refractivity contribution in [3.8, 4) is 11.5 Å². The number of benzene rings is 3. The van der Waals surface area contributed by atoms with E-state index >= 15 is 0 Å². The first-order valence-corrected chi connectivity index (χ1v) is 16.6. The maximum Gasteiger partial charge on any atom is 0.338 e. The van der Waals surface area contributed by atoms with E-state index in [0.717, 1.165) is 45.5 Å². The van der Waals surface area contributed by atoms with Gasteiger partial charge in [0.25, 0.3) is 5.91 Å². The van der Waals surface area contributed by atoms with Crippen LogP contribution in [0.15, 0.2) is 102 Å². The summed E-state index contributed by atoms with van der Waals surface area (Å²) >= 11 is 0.856. The van der Waals surface area contributed by atoms with Crippen LogP contribution in [0.1, 0.15) is 44.9 Å². The number of aromatic nitrogens is 2. The number of hydrogen-bond donors (Lipinski definition) is 2. The van der Waals surface area contributed by atoms with Crippen LogP contribution in [-0.2, 0) is 4.79 Å². The lowest BCUT2D eigenvalue weighted by Gasteiger charge is -2.41. The molecule has 0 bridgehead atoms. The molecule has 2 aromatic heterocycles. The first-order valence-electron chi connectivity index (χ1n) is 15.9. The number of nitrogens with one attached hydrogen (secondary N) is 1. The van der Waals surface area contributed by atoms with Crippen molar-refractivity contribution in [3.63, 3.8) is 0 Å². The number of carbonyl (C=O) groups excluding carboxylic acids is 2. The minimum Gasteiger partial charge on any atom is -0.497 e. The smallest absolute Gasteiger partial charge is 0.338 e. The summed E-state index contributed by atoms with van der Waals surface area (Å²) < 4.78 is 12.1. The lowest BCUT2D eigenvalue weighted by Crippen LogP contribution is -2.54. The van der Waals surface area contributed by atoms with Gasteiger partial charge in [0.05, 0.1) is 25.8 Å². The second-order valence-corrected chi connectivity index (χ2v) is 12.6. The maximum atomic E-state index is 14.1. The number of rotatable bonds is 11.